The topological polar surface area (TPSA) is 60.1 Å². The van der Waals surface area contributed by atoms with Gasteiger partial charge in [0.05, 0.1) is 13.7 Å². The van der Waals surface area contributed by atoms with Crippen molar-refractivity contribution in [3.63, 3.8) is 0 Å². The van der Waals surface area contributed by atoms with Gasteiger partial charge < -0.3 is 15.2 Å². The summed E-state index contributed by atoms with van der Waals surface area (Å²) in [7, 11) is 1.56. The van der Waals surface area contributed by atoms with Gasteiger partial charge >= 0.3 is 0 Å². The SMILES string of the molecule is C=C(CN1CCC(COc2ccccc2F)C1)/C(=N\C=C/N)OC. The van der Waals surface area contributed by atoms with Gasteiger partial charge in [-0.25, -0.2) is 9.38 Å². The molecule has 0 saturated carbocycles. The Kier molecular flexibility index (Phi) is 6.81. The molecule has 0 aliphatic carbocycles. The molecule has 1 aliphatic rings. The maximum Gasteiger partial charge on any atom is 0.216 e. The third-order valence-corrected chi connectivity index (χ3v) is 3.87. The maximum atomic E-state index is 13.6. The van der Waals surface area contributed by atoms with Gasteiger partial charge in [0.15, 0.2) is 11.6 Å². The third-order valence-electron chi connectivity index (χ3n) is 3.87. The van der Waals surface area contributed by atoms with Gasteiger partial charge in [-0.1, -0.05) is 18.7 Å². The highest BCUT2D eigenvalue weighted by molar-refractivity contribution is 5.93. The minimum absolute atomic E-state index is 0.308. The predicted molar refractivity (Wildman–Crippen MR) is 93.4 cm³/mol. The number of methoxy groups -OCH3 is 1. The molecule has 1 fully saturated rings. The highest BCUT2D eigenvalue weighted by atomic mass is 19.1. The highest BCUT2D eigenvalue weighted by Crippen LogP contribution is 2.21. The Balaban J connectivity index is 1.80. The Bertz CT molecular complexity index is 616. The van der Waals surface area contributed by atoms with Crippen LogP contribution in [0.4, 0.5) is 4.39 Å². The van der Waals surface area contributed by atoms with Crippen LogP contribution in [-0.2, 0) is 4.74 Å². The molecule has 5 nitrogen and oxygen atoms in total. The van der Waals surface area contributed by atoms with Crippen molar-refractivity contribution in [2.75, 3.05) is 33.4 Å². The minimum atomic E-state index is -0.324. The smallest absolute Gasteiger partial charge is 0.216 e. The van der Waals surface area contributed by atoms with E-state index in [0.29, 0.717) is 30.7 Å². The molecule has 1 aromatic rings. The van der Waals surface area contributed by atoms with Crippen molar-refractivity contribution < 1.29 is 13.9 Å². The zero-order chi connectivity index (χ0) is 17.4. The number of aliphatic imine (C=N–C) groups is 1. The van der Waals surface area contributed by atoms with Gasteiger partial charge in [-0.3, -0.25) is 4.90 Å². The molecule has 6 heteroatoms. The number of para-hydroxylation sites is 1. The van der Waals surface area contributed by atoms with Crippen molar-refractivity contribution in [2.45, 2.75) is 6.42 Å². The average molecular weight is 333 g/mol. The van der Waals surface area contributed by atoms with Gasteiger partial charge in [-0.05, 0) is 25.1 Å². The first-order valence-corrected chi connectivity index (χ1v) is 7.90. The van der Waals surface area contributed by atoms with E-state index in [1.54, 1.807) is 25.3 Å². The molecule has 0 amide bonds. The number of halogens is 1. The normalized spacial score (nSPS) is 18.9. The van der Waals surface area contributed by atoms with Crippen LogP contribution < -0.4 is 10.5 Å². The van der Waals surface area contributed by atoms with Crippen LogP contribution in [0.5, 0.6) is 5.75 Å². The number of hydrogen-bond acceptors (Lipinski definition) is 5. The predicted octanol–water partition coefficient (Wildman–Crippen LogP) is 2.56. The zero-order valence-electron chi connectivity index (χ0n) is 14.0. The third kappa shape index (κ3) is 5.09. The monoisotopic (exact) mass is 333 g/mol. The first-order chi connectivity index (χ1) is 11.6. The van der Waals surface area contributed by atoms with Crippen LogP contribution in [0.3, 0.4) is 0 Å². The molecule has 1 saturated heterocycles. The summed E-state index contributed by atoms with van der Waals surface area (Å²) < 4.78 is 24.4. The first-order valence-electron chi connectivity index (χ1n) is 7.90. The molecule has 1 atom stereocenters. The Labute approximate surface area is 142 Å². The summed E-state index contributed by atoms with van der Waals surface area (Å²) in [5, 5.41) is 0. The zero-order valence-corrected chi connectivity index (χ0v) is 14.0. The fourth-order valence-electron chi connectivity index (χ4n) is 2.70. The molecule has 130 valence electrons. The van der Waals surface area contributed by atoms with E-state index < -0.39 is 0 Å². The van der Waals surface area contributed by atoms with E-state index in [9.17, 15) is 4.39 Å². The molecule has 1 aromatic carbocycles. The van der Waals surface area contributed by atoms with Gasteiger partial charge in [-0.2, -0.15) is 0 Å². The van der Waals surface area contributed by atoms with Crippen molar-refractivity contribution >= 4 is 5.90 Å². The summed E-state index contributed by atoms with van der Waals surface area (Å²) in [5.41, 5.74) is 6.08. The molecular weight excluding hydrogens is 309 g/mol. The van der Waals surface area contributed by atoms with Crippen LogP contribution in [0.25, 0.3) is 0 Å². The van der Waals surface area contributed by atoms with E-state index in [-0.39, 0.29) is 5.82 Å². The van der Waals surface area contributed by atoms with Crippen molar-refractivity contribution in [1.29, 1.82) is 0 Å². The van der Waals surface area contributed by atoms with Crippen molar-refractivity contribution in [3.8, 4) is 5.75 Å². The molecule has 24 heavy (non-hydrogen) atoms. The standard InChI is InChI=1S/C18H24FN3O2/c1-14(18(23-2)21-9-8-20)11-22-10-7-15(12-22)13-24-17-6-4-3-5-16(17)19/h3-6,8-9,15H,1,7,10-13,20H2,2H3/b9-8-,21-18+. The van der Waals surface area contributed by atoms with E-state index in [1.165, 1.54) is 18.5 Å². The van der Waals surface area contributed by atoms with Crippen molar-refractivity contribution in [2.24, 2.45) is 16.6 Å². The van der Waals surface area contributed by atoms with E-state index in [2.05, 4.69) is 16.5 Å². The van der Waals surface area contributed by atoms with Crippen LogP contribution in [0.15, 0.2) is 53.8 Å². The number of nitrogens with two attached hydrogens (primary N) is 1. The lowest BCUT2D eigenvalue weighted by Gasteiger charge is -2.18. The summed E-state index contributed by atoms with van der Waals surface area (Å²) in [6, 6.07) is 6.47. The Morgan fingerprint density at radius 1 is 1.50 bits per heavy atom. The van der Waals surface area contributed by atoms with Crippen LogP contribution >= 0.6 is 0 Å². The van der Waals surface area contributed by atoms with Gasteiger partial charge in [0, 0.05) is 37.0 Å². The molecule has 0 bridgehead atoms. The van der Waals surface area contributed by atoms with Crippen molar-refractivity contribution in [3.05, 3.63) is 54.6 Å². The minimum Gasteiger partial charge on any atom is -0.490 e. The maximum absolute atomic E-state index is 13.6. The van der Waals surface area contributed by atoms with E-state index in [4.69, 9.17) is 15.2 Å². The molecular formula is C18H24FN3O2. The fourth-order valence-corrected chi connectivity index (χ4v) is 2.70. The highest BCUT2D eigenvalue weighted by Gasteiger charge is 2.24. The number of hydrogen-bond donors (Lipinski definition) is 1. The van der Waals surface area contributed by atoms with Gasteiger partial charge in [-0.15, -0.1) is 0 Å². The Hall–Kier alpha value is -2.34. The molecule has 1 unspecified atom stereocenters. The van der Waals surface area contributed by atoms with Crippen LogP contribution in [0.1, 0.15) is 6.42 Å². The summed E-state index contributed by atoms with van der Waals surface area (Å²) in [6.07, 6.45) is 3.82. The largest absolute Gasteiger partial charge is 0.490 e. The number of likely N-dealkylation sites (tertiary alicyclic amines) is 1. The molecule has 0 aromatic heterocycles. The van der Waals surface area contributed by atoms with Gasteiger partial charge in [0.1, 0.15) is 0 Å². The summed E-state index contributed by atoms with van der Waals surface area (Å²) in [4.78, 5) is 6.37. The second-order valence-electron chi connectivity index (χ2n) is 5.71. The van der Waals surface area contributed by atoms with E-state index >= 15 is 0 Å². The molecule has 2 N–H and O–H groups in total. The molecule has 1 heterocycles. The lowest BCUT2D eigenvalue weighted by atomic mass is 10.1. The first kappa shape index (κ1) is 18.0. The number of ether oxygens (including phenoxy) is 2. The Morgan fingerprint density at radius 2 is 2.29 bits per heavy atom. The van der Waals surface area contributed by atoms with E-state index in [0.717, 1.165) is 25.1 Å². The molecule has 0 spiro atoms. The van der Waals surface area contributed by atoms with Gasteiger partial charge in [0.2, 0.25) is 5.90 Å². The number of rotatable bonds is 7. The lowest BCUT2D eigenvalue weighted by molar-refractivity contribution is 0.236. The lowest BCUT2D eigenvalue weighted by Crippen LogP contribution is -2.27. The average Bonchev–Trinajstić information content (AvgIpc) is 3.02. The number of benzene rings is 1. The van der Waals surface area contributed by atoms with Crippen LogP contribution in [0.2, 0.25) is 0 Å². The molecule has 2 rings (SSSR count). The van der Waals surface area contributed by atoms with Gasteiger partial charge in [0.25, 0.3) is 0 Å². The second kappa shape index (κ2) is 9.08. The fraction of sp³-hybridized carbons (Fsp3) is 0.389. The Morgan fingerprint density at radius 3 is 3.00 bits per heavy atom. The quantitative estimate of drug-likeness (QED) is 0.615. The van der Waals surface area contributed by atoms with Crippen LogP contribution in [-0.4, -0.2) is 44.1 Å². The summed E-state index contributed by atoms with van der Waals surface area (Å²) in [6.45, 7) is 7.00. The van der Waals surface area contributed by atoms with Crippen molar-refractivity contribution in [1.82, 2.24) is 4.90 Å². The summed E-state index contributed by atoms with van der Waals surface area (Å²) in [5.74, 6) is 0.824. The summed E-state index contributed by atoms with van der Waals surface area (Å²) >= 11 is 0. The molecule has 1 aliphatic heterocycles. The number of nitrogens with zero attached hydrogens (tertiary/aromatic N) is 2. The van der Waals surface area contributed by atoms with E-state index in [1.807, 2.05) is 0 Å². The van der Waals surface area contributed by atoms with Crippen LogP contribution in [0, 0.1) is 11.7 Å². The molecule has 0 radical (unpaired) electrons. The second-order valence-corrected chi connectivity index (χ2v) is 5.71.